The Morgan fingerprint density at radius 2 is 0.750 bits per heavy atom. The molecule has 0 atom stereocenters. The van der Waals surface area contributed by atoms with E-state index in [4.69, 9.17) is 0 Å². The lowest BCUT2D eigenvalue weighted by molar-refractivity contribution is 1.10. The third kappa shape index (κ3) is 2.32. The van der Waals surface area contributed by atoms with E-state index in [1.54, 1.807) is 0 Å². The van der Waals surface area contributed by atoms with Crippen LogP contribution in [-0.2, 0) is 0 Å². The summed E-state index contributed by atoms with van der Waals surface area (Å²) < 4.78 is 4.44. The van der Waals surface area contributed by atoms with E-state index in [9.17, 15) is 0 Å². The lowest BCUT2D eigenvalue weighted by Crippen LogP contribution is -2.01. The Labute approximate surface area is 184 Å². The molecule has 0 spiro atoms. The van der Waals surface area contributed by atoms with E-state index in [2.05, 4.69) is 104 Å². The first-order valence-electron chi connectivity index (χ1n) is 10.7. The Balaban J connectivity index is 1.69. The fourth-order valence-electron chi connectivity index (χ4n) is 4.88. The molecule has 7 aromatic rings. The van der Waals surface area contributed by atoms with Crippen LogP contribution in [0.15, 0.2) is 110 Å². The fourth-order valence-corrected chi connectivity index (χ4v) is 4.88. The molecule has 150 valence electrons. The van der Waals surface area contributed by atoms with Crippen molar-refractivity contribution in [2.75, 3.05) is 0 Å². The Morgan fingerprint density at radius 1 is 0.406 bits per heavy atom. The summed E-state index contributed by atoms with van der Waals surface area (Å²) in [7, 11) is 0. The molecule has 0 saturated heterocycles. The van der Waals surface area contributed by atoms with Crippen molar-refractivity contribution in [2.45, 2.75) is 0 Å². The van der Waals surface area contributed by atoms with Gasteiger partial charge in [0.25, 0.3) is 0 Å². The number of aromatic nitrogens is 4. The quantitative estimate of drug-likeness (QED) is 0.298. The average molecular weight is 410 g/mol. The van der Waals surface area contributed by atoms with Gasteiger partial charge in [0.15, 0.2) is 0 Å². The van der Waals surface area contributed by atoms with Gasteiger partial charge in [-0.25, -0.2) is 9.97 Å². The predicted molar refractivity (Wildman–Crippen MR) is 131 cm³/mol. The molecule has 0 radical (unpaired) electrons. The third-order valence-electron chi connectivity index (χ3n) is 6.26. The molecule has 0 bridgehead atoms. The van der Waals surface area contributed by atoms with E-state index in [-0.39, 0.29) is 0 Å². The Kier molecular flexibility index (Phi) is 3.52. The van der Waals surface area contributed by atoms with Crippen molar-refractivity contribution >= 4 is 43.6 Å². The molecule has 0 aliphatic rings. The van der Waals surface area contributed by atoms with Crippen LogP contribution < -0.4 is 0 Å². The first kappa shape index (κ1) is 17.3. The maximum Gasteiger partial charge on any atom is 0.100 e. The van der Waals surface area contributed by atoms with Crippen molar-refractivity contribution in [3.05, 3.63) is 110 Å². The zero-order valence-corrected chi connectivity index (χ0v) is 17.2. The van der Waals surface area contributed by atoms with Crippen LogP contribution in [0.1, 0.15) is 0 Å². The minimum Gasteiger partial charge on any atom is -0.298 e. The molecule has 7 rings (SSSR count). The van der Waals surface area contributed by atoms with Gasteiger partial charge in [0.1, 0.15) is 12.7 Å². The van der Waals surface area contributed by atoms with Gasteiger partial charge in [0.2, 0.25) is 0 Å². The van der Waals surface area contributed by atoms with Crippen LogP contribution in [0, 0.1) is 0 Å². The molecule has 0 aliphatic carbocycles. The third-order valence-corrected chi connectivity index (χ3v) is 6.26. The molecule has 4 nitrogen and oxygen atoms in total. The lowest BCUT2D eigenvalue weighted by atomic mass is 9.97. The summed E-state index contributed by atoms with van der Waals surface area (Å²) >= 11 is 0. The molecular formula is C28H18N4. The van der Waals surface area contributed by atoms with Crippen molar-refractivity contribution < 1.29 is 0 Å². The average Bonchev–Trinajstić information content (AvgIpc) is 3.47. The minimum atomic E-state index is 0.991. The maximum absolute atomic E-state index is 4.67. The SMILES string of the molecule is c1ccc2c(c1)ncn2-c1c2ccccc2c(-n2cnc3ccccc32)c2ccccc12. The van der Waals surface area contributed by atoms with E-state index in [1.807, 2.05) is 24.8 Å². The van der Waals surface area contributed by atoms with Crippen LogP contribution in [0.2, 0.25) is 0 Å². The molecule has 2 heterocycles. The van der Waals surface area contributed by atoms with E-state index in [0.29, 0.717) is 0 Å². The molecule has 0 fully saturated rings. The summed E-state index contributed by atoms with van der Waals surface area (Å²) in [6.07, 6.45) is 3.87. The first-order chi connectivity index (χ1) is 15.9. The van der Waals surface area contributed by atoms with Crippen molar-refractivity contribution in [2.24, 2.45) is 0 Å². The monoisotopic (exact) mass is 410 g/mol. The summed E-state index contributed by atoms with van der Waals surface area (Å²) in [5.41, 5.74) is 6.49. The molecule has 32 heavy (non-hydrogen) atoms. The van der Waals surface area contributed by atoms with Gasteiger partial charge in [-0.05, 0) is 24.3 Å². The van der Waals surface area contributed by atoms with Gasteiger partial charge in [-0.1, -0.05) is 72.8 Å². The van der Waals surface area contributed by atoms with Gasteiger partial charge in [-0.15, -0.1) is 0 Å². The second kappa shape index (κ2) is 6.53. The molecule has 4 heteroatoms. The second-order valence-corrected chi connectivity index (χ2v) is 7.99. The van der Waals surface area contributed by atoms with Crippen LogP contribution in [0.25, 0.3) is 55.0 Å². The van der Waals surface area contributed by atoms with Crippen LogP contribution in [0.3, 0.4) is 0 Å². The van der Waals surface area contributed by atoms with E-state index in [1.165, 1.54) is 21.5 Å². The normalized spacial score (nSPS) is 11.8. The number of fused-ring (bicyclic) bond motifs is 4. The molecule has 2 aromatic heterocycles. The highest BCUT2D eigenvalue weighted by molar-refractivity contribution is 6.15. The molecule has 0 amide bonds. The lowest BCUT2D eigenvalue weighted by Gasteiger charge is -2.18. The number of hydrogen-bond donors (Lipinski definition) is 0. The van der Waals surface area contributed by atoms with E-state index in [0.717, 1.165) is 33.4 Å². The number of para-hydroxylation sites is 4. The predicted octanol–water partition coefficient (Wildman–Crippen LogP) is 6.67. The van der Waals surface area contributed by atoms with Crippen LogP contribution in [0.4, 0.5) is 0 Å². The summed E-state index contributed by atoms with van der Waals surface area (Å²) in [6.45, 7) is 0. The summed E-state index contributed by atoms with van der Waals surface area (Å²) in [4.78, 5) is 9.34. The highest BCUT2D eigenvalue weighted by atomic mass is 15.1. The number of hydrogen-bond acceptors (Lipinski definition) is 2. The van der Waals surface area contributed by atoms with Crippen molar-refractivity contribution in [1.82, 2.24) is 19.1 Å². The summed E-state index contributed by atoms with van der Waals surface area (Å²) in [5, 5.41) is 4.73. The highest BCUT2D eigenvalue weighted by Crippen LogP contribution is 2.39. The largest absolute Gasteiger partial charge is 0.298 e. The highest BCUT2D eigenvalue weighted by Gasteiger charge is 2.18. The number of rotatable bonds is 2. The van der Waals surface area contributed by atoms with E-state index < -0.39 is 0 Å². The van der Waals surface area contributed by atoms with Crippen molar-refractivity contribution in [1.29, 1.82) is 0 Å². The standard InChI is InChI=1S/C28H18N4/c1-2-10-20-19(9-1)27(31-17-29-23-13-5-7-15-25(23)31)21-11-3-4-12-22(21)28(20)32-18-30-24-14-6-8-16-26(24)32/h1-18H. The molecule has 0 aliphatic heterocycles. The zero-order chi connectivity index (χ0) is 21.1. The smallest absolute Gasteiger partial charge is 0.100 e. The molecule has 0 unspecified atom stereocenters. The van der Waals surface area contributed by atoms with Crippen molar-refractivity contribution in [3.8, 4) is 11.4 Å². The molecule has 0 saturated carbocycles. The molecular weight excluding hydrogens is 392 g/mol. The van der Waals surface area contributed by atoms with Crippen LogP contribution in [-0.4, -0.2) is 19.1 Å². The Morgan fingerprint density at radius 3 is 1.16 bits per heavy atom. The van der Waals surface area contributed by atoms with Crippen LogP contribution >= 0.6 is 0 Å². The summed E-state index contributed by atoms with van der Waals surface area (Å²) in [6, 6.07) is 33.8. The van der Waals surface area contributed by atoms with Gasteiger partial charge >= 0.3 is 0 Å². The minimum absolute atomic E-state index is 0.991. The topological polar surface area (TPSA) is 35.6 Å². The first-order valence-corrected chi connectivity index (χ1v) is 10.7. The van der Waals surface area contributed by atoms with Gasteiger partial charge in [0.05, 0.1) is 33.4 Å². The van der Waals surface area contributed by atoms with E-state index >= 15 is 0 Å². The molecule has 0 N–H and O–H groups in total. The zero-order valence-electron chi connectivity index (χ0n) is 17.2. The molecule has 5 aromatic carbocycles. The number of imidazole rings is 2. The number of benzene rings is 5. The van der Waals surface area contributed by atoms with Crippen LogP contribution in [0.5, 0.6) is 0 Å². The summed E-state index contributed by atoms with van der Waals surface area (Å²) in [5.74, 6) is 0. The Bertz CT molecular complexity index is 1600. The van der Waals surface area contributed by atoms with Gasteiger partial charge in [-0.3, -0.25) is 9.13 Å². The fraction of sp³-hybridized carbons (Fsp3) is 0. The number of nitrogens with zero attached hydrogens (tertiary/aromatic N) is 4. The maximum atomic E-state index is 4.67. The van der Waals surface area contributed by atoms with Gasteiger partial charge in [0, 0.05) is 21.5 Å². The second-order valence-electron chi connectivity index (χ2n) is 7.99. The van der Waals surface area contributed by atoms with Gasteiger partial charge in [-0.2, -0.15) is 0 Å². The van der Waals surface area contributed by atoms with Gasteiger partial charge < -0.3 is 0 Å². The Hall–Kier alpha value is -4.44. The van der Waals surface area contributed by atoms with Crippen molar-refractivity contribution in [3.63, 3.8) is 0 Å².